The van der Waals surface area contributed by atoms with Crippen LogP contribution in [-0.2, 0) is 22.6 Å². The zero-order valence-corrected chi connectivity index (χ0v) is 25.8. The molecule has 0 saturated carbocycles. The summed E-state index contributed by atoms with van der Waals surface area (Å²) in [6.07, 6.45) is 7.57. The van der Waals surface area contributed by atoms with Crippen LogP contribution in [0.5, 0.6) is 0 Å². The second-order valence-corrected chi connectivity index (χ2v) is 11.3. The Morgan fingerprint density at radius 3 is 2.00 bits per heavy atom. The molecule has 0 aliphatic carbocycles. The Bertz CT molecular complexity index is 1550. The van der Waals surface area contributed by atoms with E-state index in [0.29, 0.717) is 59.0 Å². The van der Waals surface area contributed by atoms with Crippen molar-refractivity contribution in [2.24, 2.45) is 0 Å². The Morgan fingerprint density at radius 1 is 0.805 bits per heavy atom. The van der Waals surface area contributed by atoms with E-state index in [2.05, 4.69) is 14.4 Å². The van der Waals surface area contributed by atoms with Crippen LogP contribution in [0.1, 0.15) is 50.8 Å². The summed E-state index contributed by atoms with van der Waals surface area (Å²) in [6, 6.07) is 7.35. The van der Waals surface area contributed by atoms with Crippen molar-refractivity contribution in [1.82, 2.24) is 4.57 Å². The quantitative estimate of drug-likeness (QED) is 0.206. The minimum atomic E-state index is -0.848. The number of carboxylic acids is 2. The van der Waals surface area contributed by atoms with Crippen LogP contribution in [-0.4, -0.2) is 39.8 Å². The summed E-state index contributed by atoms with van der Waals surface area (Å²) >= 11 is 25.5. The molecule has 0 unspecified atom stereocenters. The number of benzene rings is 2. The van der Waals surface area contributed by atoms with Crippen molar-refractivity contribution < 1.29 is 19.8 Å². The van der Waals surface area contributed by atoms with Gasteiger partial charge in [-0.05, 0) is 75.1 Å². The maximum absolute atomic E-state index is 11.2. The Morgan fingerprint density at radius 2 is 1.39 bits per heavy atom. The second-order valence-electron chi connectivity index (χ2n) is 9.67. The highest BCUT2D eigenvalue weighted by molar-refractivity contribution is 6.43. The van der Waals surface area contributed by atoms with Gasteiger partial charge in [0.05, 0.1) is 37.0 Å². The molecule has 41 heavy (non-hydrogen) atoms. The number of nitrogens with zero attached hydrogens (tertiary/aromatic N) is 3. The third-order valence-corrected chi connectivity index (χ3v) is 8.57. The molecule has 1 aromatic heterocycles. The van der Waals surface area contributed by atoms with Gasteiger partial charge in [-0.15, -0.1) is 0 Å². The van der Waals surface area contributed by atoms with Crippen LogP contribution < -0.4 is 9.80 Å². The van der Waals surface area contributed by atoms with Gasteiger partial charge in [-0.2, -0.15) is 0 Å². The first-order chi connectivity index (χ1) is 19.6. The number of aliphatic carboxylic acids is 2. The monoisotopic (exact) mass is 637 g/mol. The summed E-state index contributed by atoms with van der Waals surface area (Å²) in [7, 11) is 0. The number of hydrogen-bond acceptors (Lipinski definition) is 4. The lowest BCUT2D eigenvalue weighted by Gasteiger charge is -2.24. The molecular weight excluding hydrogens is 608 g/mol. The SMILES string of the molecule is CCN1/C(=C\C=C\c2c(CCCC(=O)O)c3cc(Cl)c(Cl)cc3n2CC)N(CCCC(=O)O)c2cc(Cl)c(Cl)cc21. The highest BCUT2D eigenvalue weighted by Crippen LogP contribution is 2.45. The van der Waals surface area contributed by atoms with Crippen molar-refractivity contribution >= 4 is 86.7 Å². The van der Waals surface area contributed by atoms with Gasteiger partial charge in [-0.1, -0.05) is 52.5 Å². The van der Waals surface area contributed by atoms with Crippen LogP contribution >= 0.6 is 46.4 Å². The molecule has 218 valence electrons. The topological polar surface area (TPSA) is 86.0 Å². The van der Waals surface area contributed by atoms with E-state index in [1.807, 2.05) is 56.3 Å². The lowest BCUT2D eigenvalue weighted by Crippen LogP contribution is -2.29. The Labute approximate surface area is 259 Å². The van der Waals surface area contributed by atoms with Crippen LogP contribution in [0.2, 0.25) is 20.1 Å². The summed E-state index contributed by atoms with van der Waals surface area (Å²) < 4.78 is 2.15. The molecule has 4 rings (SSSR count). The van der Waals surface area contributed by atoms with Crippen LogP contribution in [0.25, 0.3) is 17.0 Å². The minimum Gasteiger partial charge on any atom is -0.481 e. The summed E-state index contributed by atoms with van der Waals surface area (Å²) in [6.45, 7) is 5.90. The zero-order chi connectivity index (χ0) is 29.8. The second kappa shape index (κ2) is 13.4. The molecule has 11 heteroatoms. The summed E-state index contributed by atoms with van der Waals surface area (Å²) in [5, 5.41) is 21.2. The van der Waals surface area contributed by atoms with E-state index in [1.165, 1.54) is 0 Å². The molecule has 0 saturated heterocycles. The first-order valence-electron chi connectivity index (χ1n) is 13.4. The molecule has 1 aliphatic rings. The van der Waals surface area contributed by atoms with Crippen molar-refractivity contribution in [3.8, 4) is 0 Å². The number of carboxylic acid groups (broad SMARTS) is 2. The average molecular weight is 639 g/mol. The van der Waals surface area contributed by atoms with E-state index in [1.54, 1.807) is 0 Å². The number of hydrogen-bond donors (Lipinski definition) is 2. The number of halogens is 4. The van der Waals surface area contributed by atoms with Crippen LogP contribution in [0.3, 0.4) is 0 Å². The molecule has 0 atom stereocenters. The number of allylic oxidation sites excluding steroid dienone is 2. The molecule has 2 aromatic carbocycles. The fourth-order valence-electron chi connectivity index (χ4n) is 5.35. The molecule has 2 N–H and O–H groups in total. The lowest BCUT2D eigenvalue weighted by atomic mass is 10.0. The normalized spacial score (nSPS) is 14.1. The number of carbonyl (C=O) groups is 2. The molecule has 3 aromatic rings. The average Bonchev–Trinajstić information content (AvgIpc) is 3.34. The van der Waals surface area contributed by atoms with E-state index in [9.17, 15) is 19.8 Å². The number of anilines is 2. The standard InChI is InChI=1S/C30H31Cl4N3O4/c1-3-35-24(18(8-5-11-29(38)39)19-14-20(31)21(32)15-25(19)35)9-6-10-28-36(4-2)26-16-22(33)23(34)17-27(26)37(28)13-7-12-30(40)41/h6,9-10,14-17H,3-5,7-8,11-13H2,1-2H3,(H,38,39)(H,40,41)/b9-6+,28-10+. The molecular formula is C30H31Cl4N3O4. The lowest BCUT2D eigenvalue weighted by molar-refractivity contribution is -0.138. The molecule has 0 bridgehead atoms. The van der Waals surface area contributed by atoms with E-state index in [4.69, 9.17) is 46.4 Å². The van der Waals surface area contributed by atoms with Crippen LogP contribution in [0.15, 0.2) is 42.2 Å². The number of aromatic nitrogens is 1. The van der Waals surface area contributed by atoms with Gasteiger partial charge in [-0.25, -0.2) is 0 Å². The fraction of sp³-hybridized carbons (Fsp3) is 0.333. The fourth-order valence-corrected chi connectivity index (χ4v) is 5.99. The van der Waals surface area contributed by atoms with Crippen molar-refractivity contribution in [3.05, 3.63) is 73.6 Å². The number of fused-ring (bicyclic) bond motifs is 2. The summed E-state index contributed by atoms with van der Waals surface area (Å²) in [5.74, 6) is -0.810. The van der Waals surface area contributed by atoms with Crippen LogP contribution in [0.4, 0.5) is 11.4 Å². The first kappa shape index (κ1) is 31.1. The summed E-state index contributed by atoms with van der Waals surface area (Å²) in [4.78, 5) is 26.6. The molecule has 1 aliphatic heterocycles. The smallest absolute Gasteiger partial charge is 0.303 e. The van der Waals surface area contributed by atoms with Gasteiger partial charge < -0.3 is 24.6 Å². The molecule has 0 radical (unpaired) electrons. The van der Waals surface area contributed by atoms with Crippen LogP contribution in [0, 0.1) is 0 Å². The van der Waals surface area contributed by atoms with E-state index < -0.39 is 11.9 Å². The molecule has 0 fully saturated rings. The third-order valence-electron chi connectivity index (χ3n) is 7.13. The predicted octanol–water partition coefficient (Wildman–Crippen LogP) is 8.75. The Kier molecular flexibility index (Phi) is 10.2. The van der Waals surface area contributed by atoms with Gasteiger partial charge in [0.2, 0.25) is 0 Å². The van der Waals surface area contributed by atoms with Gasteiger partial charge in [-0.3, -0.25) is 9.59 Å². The largest absolute Gasteiger partial charge is 0.481 e. The van der Waals surface area contributed by atoms with Gasteiger partial charge in [0, 0.05) is 43.6 Å². The van der Waals surface area contributed by atoms with Gasteiger partial charge in [0.25, 0.3) is 0 Å². The zero-order valence-electron chi connectivity index (χ0n) is 22.8. The highest BCUT2D eigenvalue weighted by atomic mass is 35.5. The number of rotatable bonds is 12. The van der Waals surface area contributed by atoms with Crippen molar-refractivity contribution in [2.75, 3.05) is 22.9 Å². The Balaban J connectivity index is 1.79. The first-order valence-corrected chi connectivity index (χ1v) is 14.9. The van der Waals surface area contributed by atoms with Crippen molar-refractivity contribution in [3.63, 3.8) is 0 Å². The van der Waals surface area contributed by atoms with E-state index in [0.717, 1.165) is 39.4 Å². The molecule has 0 amide bonds. The molecule has 0 spiro atoms. The van der Waals surface area contributed by atoms with Gasteiger partial charge in [0.15, 0.2) is 0 Å². The maximum Gasteiger partial charge on any atom is 0.303 e. The van der Waals surface area contributed by atoms with E-state index in [-0.39, 0.29) is 12.8 Å². The highest BCUT2D eigenvalue weighted by Gasteiger charge is 2.31. The van der Waals surface area contributed by atoms with Crippen molar-refractivity contribution in [1.29, 1.82) is 0 Å². The summed E-state index contributed by atoms with van der Waals surface area (Å²) in [5.41, 5.74) is 4.66. The molecule has 2 heterocycles. The van der Waals surface area contributed by atoms with Crippen molar-refractivity contribution in [2.45, 2.75) is 52.5 Å². The minimum absolute atomic E-state index is 0.0455. The predicted molar refractivity (Wildman–Crippen MR) is 169 cm³/mol. The third kappa shape index (κ3) is 6.64. The van der Waals surface area contributed by atoms with Gasteiger partial charge >= 0.3 is 11.9 Å². The maximum atomic E-state index is 11.2. The Hall–Kier alpha value is -2.84. The van der Waals surface area contributed by atoms with E-state index >= 15 is 0 Å². The number of aryl methyl sites for hydroxylation is 2. The molecule has 7 nitrogen and oxygen atoms in total. The van der Waals surface area contributed by atoms with Gasteiger partial charge in [0.1, 0.15) is 5.82 Å².